The van der Waals surface area contributed by atoms with Crippen LogP contribution in [0.3, 0.4) is 0 Å². The van der Waals surface area contributed by atoms with E-state index in [1.807, 2.05) is 6.92 Å². The van der Waals surface area contributed by atoms with Gasteiger partial charge in [0.2, 0.25) is 0 Å². The first-order valence-corrected chi connectivity index (χ1v) is 6.90. The molecule has 2 nitrogen and oxygen atoms in total. The molecule has 0 amide bonds. The zero-order chi connectivity index (χ0) is 12.2. The van der Waals surface area contributed by atoms with Crippen molar-refractivity contribution in [2.75, 3.05) is 6.61 Å². The lowest BCUT2D eigenvalue weighted by Crippen LogP contribution is -2.24. The van der Waals surface area contributed by atoms with Crippen LogP contribution in [0.1, 0.15) is 72.1 Å². The van der Waals surface area contributed by atoms with E-state index in [1.165, 1.54) is 19.3 Å². The Bertz CT molecular complexity index is 166. The third kappa shape index (κ3) is 7.86. The van der Waals surface area contributed by atoms with E-state index in [2.05, 4.69) is 13.8 Å². The van der Waals surface area contributed by atoms with Gasteiger partial charge in [-0.15, -0.1) is 0 Å². The molecular weight excluding hydrogens is 200 g/mol. The first-order chi connectivity index (χ1) is 7.76. The molecule has 0 saturated carbocycles. The molecule has 0 rings (SSSR count). The highest BCUT2D eigenvalue weighted by atomic mass is 16.5. The van der Waals surface area contributed by atoms with Gasteiger partial charge in [0.05, 0.1) is 0 Å². The second kappa shape index (κ2) is 11.1. The Balaban J connectivity index is 3.84. The summed E-state index contributed by atoms with van der Waals surface area (Å²) in [5, 5.41) is 0. The van der Waals surface area contributed by atoms with Gasteiger partial charge in [-0.1, -0.05) is 46.5 Å². The Hall–Kier alpha value is -0.370. The Morgan fingerprint density at radius 1 is 1.00 bits per heavy atom. The zero-order valence-electron chi connectivity index (χ0n) is 11.3. The highest BCUT2D eigenvalue weighted by Gasteiger charge is 2.16. The van der Waals surface area contributed by atoms with Crippen LogP contribution in [-0.4, -0.2) is 18.5 Å². The van der Waals surface area contributed by atoms with E-state index in [0.717, 1.165) is 25.7 Å². The van der Waals surface area contributed by atoms with Crippen molar-refractivity contribution in [1.29, 1.82) is 0 Å². The van der Waals surface area contributed by atoms with Crippen molar-refractivity contribution in [3.05, 3.63) is 0 Å². The molecule has 0 bridgehead atoms. The molecule has 0 radical (unpaired) electrons. The summed E-state index contributed by atoms with van der Waals surface area (Å²) in [6.45, 7) is 7.05. The maximum Gasteiger partial charge on any atom is 0.161 e. The van der Waals surface area contributed by atoms with Gasteiger partial charge in [0.15, 0.2) is 5.78 Å². The molecule has 0 N–H and O–H groups in total. The summed E-state index contributed by atoms with van der Waals surface area (Å²) in [6.07, 6.45) is 8.23. The molecule has 0 aliphatic heterocycles. The van der Waals surface area contributed by atoms with Crippen molar-refractivity contribution in [3.63, 3.8) is 0 Å². The quantitative estimate of drug-likeness (QED) is 0.497. The molecule has 16 heavy (non-hydrogen) atoms. The fourth-order valence-corrected chi connectivity index (χ4v) is 1.76. The van der Waals surface area contributed by atoms with E-state index >= 15 is 0 Å². The van der Waals surface area contributed by atoms with E-state index in [9.17, 15) is 4.79 Å². The first-order valence-electron chi connectivity index (χ1n) is 6.90. The van der Waals surface area contributed by atoms with Crippen LogP contribution in [0.4, 0.5) is 0 Å². The number of Topliss-reactive ketones (excluding diaryl/α,β-unsaturated/α-hetero) is 1. The number of ketones is 1. The molecule has 0 aromatic rings. The third-order valence-electron chi connectivity index (χ3n) is 2.70. The number of carbonyl (C=O) groups excluding carboxylic acids is 1. The van der Waals surface area contributed by atoms with E-state index in [4.69, 9.17) is 4.74 Å². The molecule has 0 saturated heterocycles. The molecule has 0 spiro atoms. The van der Waals surface area contributed by atoms with Crippen LogP contribution < -0.4 is 0 Å². The van der Waals surface area contributed by atoms with Gasteiger partial charge in [-0.2, -0.15) is 0 Å². The standard InChI is InChI=1S/C14H28O2/c1-4-7-8-9-11-14(16-12-6-3)13(15)10-5-2/h14H,4-12H2,1-3H3. The Kier molecular flexibility index (Phi) is 10.9. The predicted octanol–water partition coefficient (Wildman–Crippen LogP) is 4.12. The lowest BCUT2D eigenvalue weighted by Gasteiger charge is -2.16. The summed E-state index contributed by atoms with van der Waals surface area (Å²) >= 11 is 0. The number of ether oxygens (including phenoxy) is 1. The van der Waals surface area contributed by atoms with Gasteiger partial charge in [0, 0.05) is 13.0 Å². The number of hydrogen-bond acceptors (Lipinski definition) is 2. The molecule has 96 valence electrons. The highest BCUT2D eigenvalue weighted by molar-refractivity contribution is 5.82. The van der Waals surface area contributed by atoms with Gasteiger partial charge >= 0.3 is 0 Å². The lowest BCUT2D eigenvalue weighted by molar-refractivity contribution is -0.131. The average molecular weight is 228 g/mol. The van der Waals surface area contributed by atoms with Crippen molar-refractivity contribution >= 4 is 5.78 Å². The molecule has 0 heterocycles. The number of unbranched alkanes of at least 4 members (excludes halogenated alkanes) is 3. The van der Waals surface area contributed by atoms with Gasteiger partial charge in [0.1, 0.15) is 6.10 Å². The molecule has 0 aromatic carbocycles. The largest absolute Gasteiger partial charge is 0.370 e. The topological polar surface area (TPSA) is 26.3 Å². The maximum atomic E-state index is 11.8. The van der Waals surface area contributed by atoms with Crippen LogP contribution in [0.25, 0.3) is 0 Å². The number of hydrogen-bond donors (Lipinski definition) is 0. The fourth-order valence-electron chi connectivity index (χ4n) is 1.76. The third-order valence-corrected chi connectivity index (χ3v) is 2.70. The smallest absolute Gasteiger partial charge is 0.161 e. The molecular formula is C14H28O2. The minimum atomic E-state index is -0.128. The van der Waals surface area contributed by atoms with Crippen molar-refractivity contribution in [1.82, 2.24) is 0 Å². The highest BCUT2D eigenvalue weighted by Crippen LogP contribution is 2.12. The maximum absolute atomic E-state index is 11.8. The van der Waals surface area contributed by atoms with Gasteiger partial charge in [0.25, 0.3) is 0 Å². The van der Waals surface area contributed by atoms with Crippen LogP contribution in [-0.2, 0) is 9.53 Å². The summed E-state index contributed by atoms with van der Waals surface area (Å²) in [6, 6.07) is 0. The second-order valence-corrected chi connectivity index (χ2v) is 4.43. The molecule has 0 aliphatic rings. The van der Waals surface area contributed by atoms with Gasteiger partial charge < -0.3 is 4.74 Å². The van der Waals surface area contributed by atoms with E-state index in [0.29, 0.717) is 18.8 Å². The van der Waals surface area contributed by atoms with E-state index in [-0.39, 0.29) is 6.10 Å². The summed E-state index contributed by atoms with van der Waals surface area (Å²) in [7, 11) is 0. The minimum Gasteiger partial charge on any atom is -0.370 e. The van der Waals surface area contributed by atoms with Crippen molar-refractivity contribution in [2.24, 2.45) is 0 Å². The summed E-state index contributed by atoms with van der Waals surface area (Å²) in [5.41, 5.74) is 0. The van der Waals surface area contributed by atoms with Gasteiger partial charge in [-0.25, -0.2) is 0 Å². The molecule has 2 heteroatoms. The van der Waals surface area contributed by atoms with Crippen LogP contribution in [0.5, 0.6) is 0 Å². The van der Waals surface area contributed by atoms with Crippen molar-refractivity contribution in [2.45, 2.75) is 78.2 Å². The summed E-state index contributed by atoms with van der Waals surface area (Å²) in [4.78, 5) is 11.8. The van der Waals surface area contributed by atoms with Crippen LogP contribution >= 0.6 is 0 Å². The average Bonchev–Trinajstić information content (AvgIpc) is 2.28. The fraction of sp³-hybridized carbons (Fsp3) is 0.929. The van der Waals surface area contributed by atoms with Crippen LogP contribution in [0, 0.1) is 0 Å². The SMILES string of the molecule is CCCCCCC(OCCC)C(=O)CCC. The zero-order valence-corrected chi connectivity index (χ0v) is 11.3. The van der Waals surface area contributed by atoms with Crippen LogP contribution in [0.2, 0.25) is 0 Å². The molecule has 0 fully saturated rings. The Morgan fingerprint density at radius 2 is 1.75 bits per heavy atom. The van der Waals surface area contributed by atoms with E-state index in [1.54, 1.807) is 0 Å². The lowest BCUT2D eigenvalue weighted by atomic mass is 10.0. The van der Waals surface area contributed by atoms with E-state index < -0.39 is 0 Å². The van der Waals surface area contributed by atoms with Gasteiger partial charge in [-0.05, 0) is 19.3 Å². The molecule has 1 unspecified atom stereocenters. The van der Waals surface area contributed by atoms with Crippen molar-refractivity contribution < 1.29 is 9.53 Å². The second-order valence-electron chi connectivity index (χ2n) is 4.43. The normalized spacial score (nSPS) is 12.7. The van der Waals surface area contributed by atoms with Gasteiger partial charge in [-0.3, -0.25) is 4.79 Å². The summed E-state index contributed by atoms with van der Waals surface area (Å²) in [5.74, 6) is 0.299. The first kappa shape index (κ1) is 15.6. The molecule has 1 atom stereocenters. The minimum absolute atomic E-state index is 0.128. The molecule has 0 aliphatic carbocycles. The van der Waals surface area contributed by atoms with Crippen molar-refractivity contribution in [3.8, 4) is 0 Å². The predicted molar refractivity (Wildman–Crippen MR) is 68.7 cm³/mol. The van der Waals surface area contributed by atoms with Crippen LogP contribution in [0.15, 0.2) is 0 Å². The Labute approximate surface area is 101 Å². The Morgan fingerprint density at radius 3 is 2.31 bits per heavy atom. The summed E-state index contributed by atoms with van der Waals surface area (Å²) < 4.78 is 5.64. The molecule has 0 aromatic heterocycles. The monoisotopic (exact) mass is 228 g/mol. The number of rotatable bonds is 11. The number of carbonyl (C=O) groups is 1.